The van der Waals surface area contributed by atoms with E-state index in [0.29, 0.717) is 12.7 Å². The third-order valence-electron chi connectivity index (χ3n) is 5.51. The highest BCUT2D eigenvalue weighted by molar-refractivity contribution is 4.97. The molecule has 1 N–H and O–H groups in total. The monoisotopic (exact) mass is 297 g/mol. The molecule has 2 fully saturated rings. The number of hydrogen-bond donors (Lipinski definition) is 1. The number of aliphatic hydroxyl groups is 1. The fourth-order valence-electron chi connectivity index (χ4n) is 4.28. The Labute approximate surface area is 131 Å². The van der Waals surface area contributed by atoms with E-state index in [2.05, 4.69) is 32.6 Å². The van der Waals surface area contributed by atoms with Crippen molar-refractivity contribution in [2.45, 2.75) is 102 Å². The minimum atomic E-state index is -0.372. The van der Waals surface area contributed by atoms with Gasteiger partial charge in [-0.3, -0.25) is 4.90 Å². The molecule has 1 aliphatic heterocycles. The molecule has 0 amide bonds. The van der Waals surface area contributed by atoms with Crippen molar-refractivity contribution < 1.29 is 9.84 Å². The molecule has 2 aliphatic rings. The van der Waals surface area contributed by atoms with Crippen LogP contribution < -0.4 is 0 Å². The number of likely N-dealkylation sites (tertiary alicyclic amines) is 1. The molecule has 0 aromatic rings. The molecular weight excluding hydrogens is 262 g/mol. The molecule has 1 unspecified atom stereocenters. The second-order valence-corrected chi connectivity index (χ2v) is 8.34. The van der Waals surface area contributed by atoms with Crippen LogP contribution >= 0.6 is 0 Å². The van der Waals surface area contributed by atoms with E-state index in [1.165, 1.54) is 51.4 Å². The third-order valence-corrected chi connectivity index (χ3v) is 5.51. The summed E-state index contributed by atoms with van der Waals surface area (Å²) in [5, 5.41) is 10.4. The summed E-state index contributed by atoms with van der Waals surface area (Å²) < 4.78 is 5.95. The van der Waals surface area contributed by atoms with E-state index < -0.39 is 0 Å². The molecule has 0 spiro atoms. The summed E-state index contributed by atoms with van der Waals surface area (Å²) in [5.41, 5.74) is 0.348. The zero-order valence-electron chi connectivity index (χ0n) is 14.5. The molecule has 0 bridgehead atoms. The summed E-state index contributed by atoms with van der Waals surface area (Å²) in [6.45, 7) is 10.5. The van der Waals surface area contributed by atoms with Gasteiger partial charge in [0, 0.05) is 17.6 Å². The summed E-state index contributed by atoms with van der Waals surface area (Å²) in [5.74, 6) is 0. The molecule has 3 nitrogen and oxygen atoms in total. The molecular formula is C18H35NO2. The van der Waals surface area contributed by atoms with Crippen LogP contribution in [0.5, 0.6) is 0 Å². The van der Waals surface area contributed by atoms with Crippen LogP contribution in [-0.4, -0.2) is 46.4 Å². The fraction of sp³-hybridized carbons (Fsp3) is 1.00. The Morgan fingerprint density at radius 2 is 1.57 bits per heavy atom. The van der Waals surface area contributed by atoms with Gasteiger partial charge < -0.3 is 9.84 Å². The van der Waals surface area contributed by atoms with Crippen LogP contribution in [0.15, 0.2) is 0 Å². The lowest BCUT2D eigenvalue weighted by molar-refractivity contribution is -0.0822. The van der Waals surface area contributed by atoms with E-state index in [1.54, 1.807) is 0 Å². The van der Waals surface area contributed by atoms with Crippen molar-refractivity contribution in [1.29, 1.82) is 0 Å². The predicted molar refractivity (Wildman–Crippen MR) is 87.5 cm³/mol. The Morgan fingerprint density at radius 1 is 1.00 bits per heavy atom. The summed E-state index contributed by atoms with van der Waals surface area (Å²) >= 11 is 0. The van der Waals surface area contributed by atoms with Crippen LogP contribution in [0.2, 0.25) is 0 Å². The number of hydrogen-bond acceptors (Lipinski definition) is 3. The van der Waals surface area contributed by atoms with Crippen molar-refractivity contribution in [3.05, 3.63) is 0 Å². The lowest BCUT2D eigenvalue weighted by atomic mass is 9.79. The molecule has 0 radical (unpaired) electrons. The lowest BCUT2D eigenvalue weighted by Crippen LogP contribution is -2.60. The second-order valence-electron chi connectivity index (χ2n) is 8.34. The van der Waals surface area contributed by atoms with E-state index in [0.717, 1.165) is 6.54 Å². The molecule has 1 atom stereocenters. The molecule has 1 saturated heterocycles. The van der Waals surface area contributed by atoms with Crippen LogP contribution in [0.4, 0.5) is 0 Å². The second kappa shape index (κ2) is 6.97. The fourth-order valence-corrected chi connectivity index (χ4v) is 4.28. The van der Waals surface area contributed by atoms with E-state index in [-0.39, 0.29) is 17.2 Å². The van der Waals surface area contributed by atoms with Gasteiger partial charge in [0.2, 0.25) is 0 Å². The van der Waals surface area contributed by atoms with Crippen LogP contribution in [0, 0.1) is 0 Å². The van der Waals surface area contributed by atoms with Crippen molar-refractivity contribution in [2.24, 2.45) is 0 Å². The molecule has 0 aromatic carbocycles. The largest absolute Gasteiger partial charge is 0.389 e. The maximum absolute atomic E-state index is 10.4. The molecule has 2 rings (SSSR count). The van der Waals surface area contributed by atoms with E-state index in [9.17, 15) is 5.11 Å². The van der Waals surface area contributed by atoms with Gasteiger partial charge in [-0.15, -0.1) is 0 Å². The highest BCUT2D eigenvalue weighted by atomic mass is 16.5. The van der Waals surface area contributed by atoms with Crippen LogP contribution in [0.25, 0.3) is 0 Å². The van der Waals surface area contributed by atoms with Gasteiger partial charge in [-0.1, -0.05) is 19.3 Å². The Hall–Kier alpha value is -0.120. The Bertz CT molecular complexity index is 305. The van der Waals surface area contributed by atoms with Crippen molar-refractivity contribution in [3.8, 4) is 0 Å². The van der Waals surface area contributed by atoms with Crippen LogP contribution in [0.1, 0.15) is 79.1 Å². The minimum absolute atomic E-state index is 0.174. The lowest BCUT2D eigenvalue weighted by Gasteiger charge is -2.53. The number of β-amino-alcohol motifs (C(OH)–C–C–N with tert-alkyl or cyclic N) is 1. The van der Waals surface area contributed by atoms with Gasteiger partial charge in [0.25, 0.3) is 0 Å². The van der Waals surface area contributed by atoms with Gasteiger partial charge >= 0.3 is 0 Å². The van der Waals surface area contributed by atoms with Crippen molar-refractivity contribution in [2.75, 3.05) is 13.2 Å². The average molecular weight is 297 g/mol. The minimum Gasteiger partial charge on any atom is -0.389 e. The van der Waals surface area contributed by atoms with Gasteiger partial charge in [-0.2, -0.15) is 0 Å². The summed E-state index contributed by atoms with van der Waals surface area (Å²) in [4.78, 5) is 2.50. The molecule has 124 valence electrons. The topological polar surface area (TPSA) is 32.7 Å². The average Bonchev–Trinajstić information content (AvgIpc) is 2.41. The maximum atomic E-state index is 10.4. The number of piperidine rings is 1. The normalized spacial score (nSPS) is 28.4. The quantitative estimate of drug-likeness (QED) is 0.839. The Balaban J connectivity index is 1.83. The van der Waals surface area contributed by atoms with Gasteiger partial charge in [-0.25, -0.2) is 0 Å². The van der Waals surface area contributed by atoms with E-state index in [1.807, 2.05) is 0 Å². The zero-order chi connectivity index (χ0) is 15.5. The first kappa shape index (κ1) is 17.2. The maximum Gasteiger partial charge on any atom is 0.0900 e. The number of ether oxygens (including phenoxy) is 1. The first-order valence-corrected chi connectivity index (χ1v) is 8.89. The zero-order valence-corrected chi connectivity index (χ0v) is 14.5. The van der Waals surface area contributed by atoms with Crippen molar-refractivity contribution in [1.82, 2.24) is 4.90 Å². The van der Waals surface area contributed by atoms with E-state index in [4.69, 9.17) is 4.74 Å². The van der Waals surface area contributed by atoms with Crippen molar-refractivity contribution >= 4 is 0 Å². The summed E-state index contributed by atoms with van der Waals surface area (Å²) in [6.07, 6.45) is 9.99. The standard InChI is InChI=1S/C18H35NO2/c1-17(2)11-8-12-18(3,4)19(17)13-15(20)14-21-16-9-6-5-7-10-16/h15-16,20H,5-14H2,1-4H3. The van der Waals surface area contributed by atoms with Gasteiger partial charge in [0.1, 0.15) is 0 Å². The first-order chi connectivity index (χ1) is 9.81. The predicted octanol–water partition coefficient (Wildman–Crippen LogP) is 3.74. The van der Waals surface area contributed by atoms with Crippen LogP contribution in [0.3, 0.4) is 0 Å². The van der Waals surface area contributed by atoms with Gasteiger partial charge in [0.05, 0.1) is 18.8 Å². The Kier molecular flexibility index (Phi) is 5.72. The molecule has 1 aliphatic carbocycles. The highest BCUT2D eigenvalue weighted by Gasteiger charge is 2.41. The molecule has 21 heavy (non-hydrogen) atoms. The Morgan fingerprint density at radius 3 is 2.14 bits per heavy atom. The number of aliphatic hydroxyl groups excluding tert-OH is 1. The van der Waals surface area contributed by atoms with E-state index >= 15 is 0 Å². The molecule has 1 heterocycles. The van der Waals surface area contributed by atoms with Gasteiger partial charge in [-0.05, 0) is 59.8 Å². The summed E-state index contributed by atoms with van der Waals surface area (Å²) in [7, 11) is 0. The van der Waals surface area contributed by atoms with Gasteiger partial charge in [0.15, 0.2) is 0 Å². The first-order valence-electron chi connectivity index (χ1n) is 8.89. The SMILES string of the molecule is CC1(C)CCCC(C)(C)N1CC(O)COC1CCCCC1. The molecule has 1 saturated carbocycles. The smallest absolute Gasteiger partial charge is 0.0900 e. The number of nitrogens with zero attached hydrogens (tertiary/aromatic N) is 1. The highest BCUT2D eigenvalue weighted by Crippen LogP contribution is 2.38. The van der Waals surface area contributed by atoms with Crippen LogP contribution in [-0.2, 0) is 4.74 Å². The van der Waals surface area contributed by atoms with Crippen molar-refractivity contribution in [3.63, 3.8) is 0 Å². The molecule has 0 aromatic heterocycles. The summed E-state index contributed by atoms with van der Waals surface area (Å²) in [6, 6.07) is 0. The molecule has 3 heteroatoms. The number of rotatable bonds is 5. The third kappa shape index (κ3) is 4.67.